The van der Waals surface area contributed by atoms with Gasteiger partial charge in [-0.2, -0.15) is 0 Å². The fraction of sp³-hybridized carbons (Fsp3) is 0.529. The summed E-state index contributed by atoms with van der Waals surface area (Å²) in [6.45, 7) is 2.04. The fourth-order valence-corrected chi connectivity index (χ4v) is 3.82. The van der Waals surface area contributed by atoms with Crippen LogP contribution < -0.4 is 10.6 Å². The fourth-order valence-electron chi connectivity index (χ4n) is 2.94. The molecule has 144 valence electrons. The molecule has 1 aliphatic heterocycles. The van der Waals surface area contributed by atoms with Gasteiger partial charge in [-0.3, -0.25) is 9.59 Å². The Balaban J connectivity index is 1.96. The van der Waals surface area contributed by atoms with Crippen LogP contribution in [0.3, 0.4) is 0 Å². The van der Waals surface area contributed by atoms with E-state index >= 15 is 0 Å². The first-order chi connectivity index (χ1) is 12.1. The molecule has 0 saturated carbocycles. The predicted octanol–water partition coefficient (Wildman–Crippen LogP) is 0.413. The maximum absolute atomic E-state index is 13.0. The van der Waals surface area contributed by atoms with Crippen molar-refractivity contribution in [2.45, 2.75) is 38.3 Å². The van der Waals surface area contributed by atoms with Crippen LogP contribution in [0.2, 0.25) is 0 Å². The number of piperidine rings is 1. The lowest BCUT2D eigenvalue weighted by atomic mass is 10.0. The lowest BCUT2D eigenvalue weighted by Crippen LogP contribution is -2.53. The van der Waals surface area contributed by atoms with Crippen molar-refractivity contribution >= 4 is 21.8 Å². The quantitative estimate of drug-likeness (QED) is 0.742. The van der Waals surface area contributed by atoms with Gasteiger partial charge in [-0.05, 0) is 30.5 Å². The molecule has 0 spiro atoms. The molecule has 0 aromatic heterocycles. The van der Waals surface area contributed by atoms with E-state index < -0.39 is 16.1 Å². The maximum atomic E-state index is 13.0. The summed E-state index contributed by atoms with van der Waals surface area (Å²) >= 11 is 0. The van der Waals surface area contributed by atoms with Crippen molar-refractivity contribution in [3.05, 3.63) is 35.6 Å². The van der Waals surface area contributed by atoms with Gasteiger partial charge in [0.2, 0.25) is 21.8 Å². The van der Waals surface area contributed by atoms with E-state index in [4.69, 9.17) is 0 Å². The summed E-state index contributed by atoms with van der Waals surface area (Å²) in [4.78, 5) is 24.0. The third-order valence-corrected chi connectivity index (χ3v) is 5.62. The van der Waals surface area contributed by atoms with Gasteiger partial charge >= 0.3 is 0 Å². The molecule has 26 heavy (non-hydrogen) atoms. The predicted molar refractivity (Wildman–Crippen MR) is 95.3 cm³/mol. The average molecular weight is 385 g/mol. The SMILES string of the molecule is CC(=O)NC(Cc1ccc(F)cc1)C(=O)NC1CCN(S(C)(=O)=O)CC1. The number of halogens is 1. The van der Waals surface area contributed by atoms with E-state index in [1.807, 2.05) is 0 Å². The van der Waals surface area contributed by atoms with Gasteiger partial charge in [-0.1, -0.05) is 12.1 Å². The highest BCUT2D eigenvalue weighted by molar-refractivity contribution is 7.88. The van der Waals surface area contributed by atoms with E-state index in [1.54, 1.807) is 12.1 Å². The number of benzene rings is 1. The van der Waals surface area contributed by atoms with E-state index in [0.29, 0.717) is 25.9 Å². The Kier molecular flexibility index (Phi) is 6.71. The Morgan fingerprint density at radius 3 is 2.31 bits per heavy atom. The monoisotopic (exact) mass is 385 g/mol. The third-order valence-electron chi connectivity index (χ3n) is 4.32. The first-order valence-corrected chi connectivity index (χ1v) is 10.3. The van der Waals surface area contributed by atoms with Crippen LogP contribution in [0.4, 0.5) is 4.39 Å². The number of hydrogen-bond donors (Lipinski definition) is 2. The third kappa shape index (κ3) is 6.06. The molecule has 7 nitrogen and oxygen atoms in total. The number of carbonyl (C=O) groups is 2. The Hall–Kier alpha value is -2.00. The molecule has 1 aromatic carbocycles. The van der Waals surface area contributed by atoms with E-state index in [-0.39, 0.29) is 30.1 Å². The number of nitrogens with zero attached hydrogens (tertiary/aromatic N) is 1. The molecule has 1 heterocycles. The minimum Gasteiger partial charge on any atom is -0.351 e. The van der Waals surface area contributed by atoms with Gasteiger partial charge in [0.25, 0.3) is 0 Å². The summed E-state index contributed by atoms with van der Waals surface area (Å²) < 4.78 is 37.5. The Labute approximate surface area is 153 Å². The second-order valence-corrected chi connectivity index (χ2v) is 8.51. The molecule has 2 rings (SSSR count). The smallest absolute Gasteiger partial charge is 0.243 e. The molecule has 0 radical (unpaired) electrons. The van der Waals surface area contributed by atoms with Crippen LogP contribution in [0.25, 0.3) is 0 Å². The van der Waals surface area contributed by atoms with Gasteiger partial charge in [-0.25, -0.2) is 17.1 Å². The summed E-state index contributed by atoms with van der Waals surface area (Å²) in [6.07, 6.45) is 2.44. The van der Waals surface area contributed by atoms with Crippen molar-refractivity contribution in [1.82, 2.24) is 14.9 Å². The van der Waals surface area contributed by atoms with Crippen LogP contribution >= 0.6 is 0 Å². The van der Waals surface area contributed by atoms with E-state index in [2.05, 4.69) is 10.6 Å². The van der Waals surface area contributed by atoms with Crippen molar-refractivity contribution in [2.24, 2.45) is 0 Å². The van der Waals surface area contributed by atoms with Gasteiger partial charge in [-0.15, -0.1) is 0 Å². The zero-order chi connectivity index (χ0) is 19.3. The number of carbonyl (C=O) groups excluding carboxylic acids is 2. The number of hydrogen-bond acceptors (Lipinski definition) is 4. The van der Waals surface area contributed by atoms with Crippen molar-refractivity contribution in [2.75, 3.05) is 19.3 Å². The largest absolute Gasteiger partial charge is 0.351 e. The van der Waals surface area contributed by atoms with E-state index in [9.17, 15) is 22.4 Å². The highest BCUT2D eigenvalue weighted by atomic mass is 32.2. The lowest BCUT2D eigenvalue weighted by Gasteiger charge is -2.31. The molecule has 0 bridgehead atoms. The molecule has 1 unspecified atom stereocenters. The van der Waals surface area contributed by atoms with Crippen molar-refractivity contribution in [3.63, 3.8) is 0 Å². The Morgan fingerprint density at radius 2 is 1.81 bits per heavy atom. The zero-order valence-corrected chi connectivity index (χ0v) is 15.7. The Morgan fingerprint density at radius 1 is 1.23 bits per heavy atom. The van der Waals surface area contributed by atoms with Crippen molar-refractivity contribution in [1.29, 1.82) is 0 Å². The average Bonchev–Trinajstić information content (AvgIpc) is 2.55. The van der Waals surface area contributed by atoms with Crippen LogP contribution in [0.15, 0.2) is 24.3 Å². The van der Waals surface area contributed by atoms with Crippen LogP contribution in [0.1, 0.15) is 25.3 Å². The molecule has 1 aliphatic rings. The summed E-state index contributed by atoms with van der Waals surface area (Å²) in [5, 5.41) is 5.49. The summed E-state index contributed by atoms with van der Waals surface area (Å²) in [7, 11) is -3.22. The van der Waals surface area contributed by atoms with Crippen LogP contribution in [-0.4, -0.2) is 56.0 Å². The molecule has 0 aliphatic carbocycles. The summed E-state index contributed by atoms with van der Waals surface area (Å²) in [6, 6.07) is 4.83. The number of sulfonamides is 1. The minimum absolute atomic E-state index is 0.148. The summed E-state index contributed by atoms with van der Waals surface area (Å²) in [5.74, 6) is -1.03. The molecule has 9 heteroatoms. The van der Waals surface area contributed by atoms with Gasteiger partial charge in [0.1, 0.15) is 11.9 Å². The summed E-state index contributed by atoms with van der Waals surface area (Å²) in [5.41, 5.74) is 0.729. The van der Waals surface area contributed by atoms with Crippen LogP contribution in [-0.2, 0) is 26.0 Å². The molecular weight excluding hydrogens is 361 g/mol. The molecule has 2 amide bonds. The lowest BCUT2D eigenvalue weighted by molar-refractivity contribution is -0.128. The first kappa shape index (κ1) is 20.3. The first-order valence-electron chi connectivity index (χ1n) is 8.42. The number of nitrogens with one attached hydrogen (secondary N) is 2. The van der Waals surface area contributed by atoms with Gasteiger partial charge in [0.15, 0.2) is 0 Å². The maximum Gasteiger partial charge on any atom is 0.243 e. The van der Waals surface area contributed by atoms with Crippen LogP contribution in [0.5, 0.6) is 0 Å². The van der Waals surface area contributed by atoms with Gasteiger partial charge < -0.3 is 10.6 Å². The number of amides is 2. The van der Waals surface area contributed by atoms with Gasteiger partial charge in [0.05, 0.1) is 6.26 Å². The highest BCUT2D eigenvalue weighted by Crippen LogP contribution is 2.14. The topological polar surface area (TPSA) is 95.6 Å². The standard InChI is InChI=1S/C17H24FN3O4S/c1-12(22)19-16(11-13-3-5-14(18)6-4-13)17(23)20-15-7-9-21(10-8-15)26(2,24)25/h3-6,15-16H,7-11H2,1-2H3,(H,19,22)(H,20,23). The van der Waals surface area contributed by atoms with Crippen LogP contribution in [0, 0.1) is 5.82 Å². The highest BCUT2D eigenvalue weighted by Gasteiger charge is 2.28. The number of rotatable bonds is 6. The molecule has 1 atom stereocenters. The second kappa shape index (κ2) is 8.59. The molecular formula is C17H24FN3O4S. The molecule has 1 saturated heterocycles. The molecule has 1 aromatic rings. The van der Waals surface area contributed by atoms with Gasteiger partial charge in [0, 0.05) is 32.5 Å². The molecule has 1 fully saturated rings. The van der Waals surface area contributed by atoms with Crippen molar-refractivity contribution < 1.29 is 22.4 Å². The molecule has 2 N–H and O–H groups in total. The second-order valence-electron chi connectivity index (χ2n) is 6.53. The zero-order valence-electron chi connectivity index (χ0n) is 14.9. The normalized spacial score (nSPS) is 17.5. The Bertz CT molecular complexity index is 744. The van der Waals surface area contributed by atoms with E-state index in [1.165, 1.54) is 29.6 Å². The van der Waals surface area contributed by atoms with E-state index in [0.717, 1.165) is 5.56 Å². The minimum atomic E-state index is -3.22. The van der Waals surface area contributed by atoms with Crippen molar-refractivity contribution in [3.8, 4) is 0 Å².